The van der Waals surface area contributed by atoms with Crippen LogP contribution in [0.1, 0.15) is 5.89 Å². The van der Waals surface area contributed by atoms with Crippen LogP contribution in [0.15, 0.2) is 46.7 Å². The highest BCUT2D eigenvalue weighted by atomic mass is 16.5. The Morgan fingerprint density at radius 3 is 2.67 bits per heavy atom. The average Bonchev–Trinajstić information content (AvgIpc) is 3.04. The van der Waals surface area contributed by atoms with E-state index in [1.165, 1.54) is 0 Å². The van der Waals surface area contributed by atoms with Crippen LogP contribution in [-0.4, -0.2) is 4.98 Å². The standard InChI is InChI=1S/C15H12N4O2/c16-8-3-1-5-10-14(8)18-12(20-10)7-13-19-15-9(17)4-2-6-11(15)21-13/h1-7,18H,16-17H2/b12-7+. The summed E-state index contributed by atoms with van der Waals surface area (Å²) in [6, 6.07) is 10.9. The first kappa shape index (κ1) is 11.7. The summed E-state index contributed by atoms with van der Waals surface area (Å²) in [6.07, 6.45) is 1.67. The number of aromatic nitrogens is 1. The van der Waals surface area contributed by atoms with E-state index in [2.05, 4.69) is 10.3 Å². The highest BCUT2D eigenvalue weighted by molar-refractivity contribution is 5.86. The van der Waals surface area contributed by atoms with Crippen LogP contribution in [0.4, 0.5) is 17.1 Å². The normalized spacial score (nSPS) is 15.0. The number of anilines is 3. The van der Waals surface area contributed by atoms with Gasteiger partial charge in [-0.3, -0.25) is 0 Å². The van der Waals surface area contributed by atoms with E-state index in [0.717, 1.165) is 5.69 Å². The van der Waals surface area contributed by atoms with Crippen LogP contribution in [0.3, 0.4) is 0 Å². The van der Waals surface area contributed by atoms with Crippen molar-refractivity contribution in [2.45, 2.75) is 0 Å². The lowest BCUT2D eigenvalue weighted by atomic mass is 10.2. The fourth-order valence-electron chi connectivity index (χ4n) is 2.26. The molecule has 2 heterocycles. The minimum absolute atomic E-state index is 0.414. The van der Waals surface area contributed by atoms with E-state index < -0.39 is 0 Å². The highest BCUT2D eigenvalue weighted by Gasteiger charge is 2.19. The molecule has 3 aromatic rings. The summed E-state index contributed by atoms with van der Waals surface area (Å²) in [5.41, 5.74) is 15.0. The molecule has 5 N–H and O–H groups in total. The fraction of sp³-hybridized carbons (Fsp3) is 0. The van der Waals surface area contributed by atoms with Crippen molar-refractivity contribution in [2.24, 2.45) is 0 Å². The molecule has 6 nitrogen and oxygen atoms in total. The number of nitrogen functional groups attached to an aromatic ring is 2. The Morgan fingerprint density at radius 2 is 1.86 bits per heavy atom. The second-order valence-electron chi connectivity index (χ2n) is 4.70. The van der Waals surface area contributed by atoms with Crippen LogP contribution in [0.5, 0.6) is 5.75 Å². The number of nitrogens with zero attached hydrogens (tertiary/aromatic N) is 1. The molecular formula is C15H12N4O2. The Bertz CT molecular complexity index is 883. The highest BCUT2D eigenvalue weighted by Crippen LogP contribution is 2.38. The maximum absolute atomic E-state index is 5.88. The van der Waals surface area contributed by atoms with E-state index >= 15 is 0 Å². The third kappa shape index (κ3) is 1.85. The molecule has 2 aromatic carbocycles. The van der Waals surface area contributed by atoms with Crippen molar-refractivity contribution < 1.29 is 9.15 Å². The molecule has 6 heteroatoms. The van der Waals surface area contributed by atoms with Crippen molar-refractivity contribution >= 4 is 34.2 Å². The Morgan fingerprint density at radius 1 is 1.05 bits per heavy atom. The van der Waals surface area contributed by atoms with Gasteiger partial charge in [0.15, 0.2) is 11.3 Å². The van der Waals surface area contributed by atoms with E-state index in [9.17, 15) is 0 Å². The molecule has 0 bridgehead atoms. The number of rotatable bonds is 1. The zero-order valence-corrected chi connectivity index (χ0v) is 11.0. The molecule has 0 fully saturated rings. The Labute approximate surface area is 120 Å². The third-order valence-electron chi connectivity index (χ3n) is 3.25. The monoisotopic (exact) mass is 280 g/mol. The Hall–Kier alpha value is -3.15. The average molecular weight is 280 g/mol. The number of para-hydroxylation sites is 2. The molecule has 4 rings (SSSR count). The molecule has 104 valence electrons. The summed E-state index contributed by atoms with van der Waals surface area (Å²) in [7, 11) is 0. The van der Waals surface area contributed by atoms with Gasteiger partial charge in [-0.25, -0.2) is 4.98 Å². The van der Waals surface area contributed by atoms with Gasteiger partial charge in [0.1, 0.15) is 11.2 Å². The SMILES string of the molecule is Nc1cccc2c1N/C(=C\c1nc3c(N)cccc3o1)O2. The molecule has 0 amide bonds. The molecule has 1 aliphatic rings. The lowest BCUT2D eigenvalue weighted by Gasteiger charge is -1.98. The van der Waals surface area contributed by atoms with Crippen molar-refractivity contribution in [3.05, 3.63) is 48.2 Å². The molecule has 21 heavy (non-hydrogen) atoms. The number of benzene rings is 2. The predicted octanol–water partition coefficient (Wildman–Crippen LogP) is 2.80. The molecule has 0 saturated carbocycles. The first-order chi connectivity index (χ1) is 10.2. The van der Waals surface area contributed by atoms with Gasteiger partial charge in [-0.15, -0.1) is 0 Å². The quantitative estimate of drug-likeness (QED) is 0.593. The summed E-state index contributed by atoms with van der Waals surface area (Å²) in [4.78, 5) is 4.34. The lowest BCUT2D eigenvalue weighted by Crippen LogP contribution is -1.97. The molecule has 1 aliphatic heterocycles. The van der Waals surface area contributed by atoms with E-state index in [1.807, 2.05) is 24.3 Å². The van der Waals surface area contributed by atoms with Crippen LogP contribution in [0.2, 0.25) is 0 Å². The lowest BCUT2D eigenvalue weighted by molar-refractivity contribution is 0.459. The molecule has 0 unspecified atom stereocenters. The molecule has 0 atom stereocenters. The maximum atomic E-state index is 5.88. The van der Waals surface area contributed by atoms with Crippen molar-refractivity contribution in [3.8, 4) is 5.75 Å². The number of nitrogens with two attached hydrogens (primary N) is 2. The third-order valence-corrected chi connectivity index (χ3v) is 3.25. The number of hydrogen-bond acceptors (Lipinski definition) is 6. The van der Waals surface area contributed by atoms with Crippen LogP contribution >= 0.6 is 0 Å². The van der Waals surface area contributed by atoms with Crippen molar-refractivity contribution in [1.29, 1.82) is 0 Å². The van der Waals surface area contributed by atoms with E-state index in [-0.39, 0.29) is 0 Å². The van der Waals surface area contributed by atoms with Crippen molar-refractivity contribution in [1.82, 2.24) is 4.98 Å². The number of ether oxygens (including phenoxy) is 1. The number of nitrogens with one attached hydrogen (secondary N) is 1. The molecule has 0 aliphatic carbocycles. The van der Waals surface area contributed by atoms with Gasteiger partial charge in [0, 0.05) is 0 Å². The van der Waals surface area contributed by atoms with Crippen molar-refractivity contribution in [3.63, 3.8) is 0 Å². The van der Waals surface area contributed by atoms with Crippen LogP contribution in [0.25, 0.3) is 17.2 Å². The van der Waals surface area contributed by atoms with E-state index in [0.29, 0.717) is 40.0 Å². The van der Waals surface area contributed by atoms with Gasteiger partial charge in [-0.05, 0) is 24.3 Å². The second-order valence-corrected chi connectivity index (χ2v) is 4.70. The van der Waals surface area contributed by atoms with Gasteiger partial charge >= 0.3 is 0 Å². The van der Waals surface area contributed by atoms with Gasteiger partial charge in [0.2, 0.25) is 11.8 Å². The summed E-state index contributed by atoms with van der Waals surface area (Å²) in [5.74, 6) is 1.60. The second kappa shape index (κ2) is 4.17. The molecular weight excluding hydrogens is 268 g/mol. The molecule has 0 spiro atoms. The van der Waals surface area contributed by atoms with Gasteiger partial charge in [0.25, 0.3) is 0 Å². The van der Waals surface area contributed by atoms with E-state index in [4.69, 9.17) is 20.6 Å². The van der Waals surface area contributed by atoms with Crippen LogP contribution in [-0.2, 0) is 0 Å². The summed E-state index contributed by atoms with van der Waals surface area (Å²) >= 11 is 0. The molecule has 0 saturated heterocycles. The topological polar surface area (TPSA) is 99.3 Å². The molecule has 0 radical (unpaired) electrons. The number of oxazole rings is 1. The Kier molecular flexibility index (Phi) is 2.32. The Balaban J connectivity index is 1.72. The largest absolute Gasteiger partial charge is 0.439 e. The molecule has 1 aromatic heterocycles. The van der Waals surface area contributed by atoms with Gasteiger partial charge < -0.3 is 25.9 Å². The zero-order valence-electron chi connectivity index (χ0n) is 11.0. The first-order valence-electron chi connectivity index (χ1n) is 6.41. The fourth-order valence-corrected chi connectivity index (χ4v) is 2.26. The summed E-state index contributed by atoms with van der Waals surface area (Å²) in [5, 5.41) is 3.09. The maximum Gasteiger partial charge on any atom is 0.225 e. The number of hydrogen-bond donors (Lipinski definition) is 3. The summed E-state index contributed by atoms with van der Waals surface area (Å²) in [6.45, 7) is 0. The predicted molar refractivity (Wildman–Crippen MR) is 81.5 cm³/mol. The minimum atomic E-state index is 0.414. The zero-order chi connectivity index (χ0) is 14.4. The van der Waals surface area contributed by atoms with E-state index in [1.54, 1.807) is 18.2 Å². The van der Waals surface area contributed by atoms with Gasteiger partial charge in [-0.1, -0.05) is 12.1 Å². The smallest absolute Gasteiger partial charge is 0.225 e. The van der Waals surface area contributed by atoms with Gasteiger partial charge in [-0.2, -0.15) is 0 Å². The van der Waals surface area contributed by atoms with Gasteiger partial charge in [0.05, 0.1) is 17.5 Å². The number of fused-ring (bicyclic) bond motifs is 2. The van der Waals surface area contributed by atoms with Crippen LogP contribution in [0, 0.1) is 0 Å². The van der Waals surface area contributed by atoms with Crippen molar-refractivity contribution in [2.75, 3.05) is 16.8 Å². The summed E-state index contributed by atoms with van der Waals surface area (Å²) < 4.78 is 11.3. The minimum Gasteiger partial charge on any atom is -0.439 e. The van der Waals surface area contributed by atoms with Crippen LogP contribution < -0.4 is 21.5 Å². The first-order valence-corrected chi connectivity index (χ1v) is 6.41.